The molecule has 5 rings (SSSR count). The number of ether oxygens (including phenoxy) is 2. The summed E-state index contributed by atoms with van der Waals surface area (Å²) in [6.07, 6.45) is 1.42. The molecule has 2 aromatic carbocycles. The van der Waals surface area contributed by atoms with Gasteiger partial charge in [0.1, 0.15) is 17.1 Å². The molecule has 2 aromatic rings. The third-order valence-electron chi connectivity index (χ3n) is 5.58. The molecule has 3 aliphatic rings. The van der Waals surface area contributed by atoms with E-state index < -0.39 is 15.6 Å². The quantitative estimate of drug-likeness (QED) is 0.794. The molecule has 1 unspecified atom stereocenters. The van der Waals surface area contributed by atoms with Crippen LogP contribution in [0.2, 0.25) is 0 Å². The van der Waals surface area contributed by atoms with Crippen molar-refractivity contribution >= 4 is 15.8 Å². The Balaban J connectivity index is 1.43. The summed E-state index contributed by atoms with van der Waals surface area (Å²) in [4.78, 5) is 12.8. The van der Waals surface area contributed by atoms with Crippen molar-refractivity contribution in [1.29, 1.82) is 0 Å². The number of nitrogens with zero attached hydrogens (tertiary/aromatic N) is 1. The lowest BCUT2D eigenvalue weighted by Gasteiger charge is -2.34. The largest absolute Gasteiger partial charge is 0.493 e. The Morgan fingerprint density at radius 3 is 2.81 bits per heavy atom. The van der Waals surface area contributed by atoms with Crippen LogP contribution in [-0.2, 0) is 16.4 Å². The lowest BCUT2D eigenvalue weighted by atomic mass is 9.89. The van der Waals surface area contributed by atoms with E-state index in [-0.39, 0.29) is 23.6 Å². The van der Waals surface area contributed by atoms with Gasteiger partial charge in [-0.2, -0.15) is 4.31 Å². The lowest BCUT2D eigenvalue weighted by Crippen LogP contribution is -2.45. The number of benzene rings is 2. The van der Waals surface area contributed by atoms with Gasteiger partial charge in [-0.05, 0) is 35.9 Å². The molecule has 0 bridgehead atoms. The number of carbonyl (C=O) groups excluding carboxylic acids is 1. The number of hydrogen-bond donors (Lipinski definition) is 0. The Hall–Kier alpha value is -2.38. The zero-order valence-electron chi connectivity index (χ0n) is 14.7. The summed E-state index contributed by atoms with van der Waals surface area (Å²) in [6.45, 7) is 1.11. The predicted octanol–water partition coefficient (Wildman–Crippen LogP) is 2.42. The second-order valence-corrected chi connectivity index (χ2v) is 9.28. The van der Waals surface area contributed by atoms with Crippen molar-refractivity contribution in [1.82, 2.24) is 4.31 Å². The van der Waals surface area contributed by atoms with Crippen LogP contribution in [0.4, 0.5) is 0 Å². The van der Waals surface area contributed by atoms with Gasteiger partial charge in [-0.3, -0.25) is 4.79 Å². The summed E-state index contributed by atoms with van der Waals surface area (Å²) >= 11 is 0. The first-order valence-electron chi connectivity index (χ1n) is 9.04. The molecule has 3 aliphatic heterocycles. The first-order chi connectivity index (χ1) is 13.0. The average Bonchev–Trinajstić information content (AvgIpc) is 3.28. The third kappa shape index (κ3) is 2.64. The third-order valence-corrected chi connectivity index (χ3v) is 7.42. The summed E-state index contributed by atoms with van der Waals surface area (Å²) in [5.41, 5.74) is 0.712. The van der Waals surface area contributed by atoms with Crippen LogP contribution in [-0.4, -0.2) is 43.8 Å². The lowest BCUT2D eigenvalue weighted by molar-refractivity contribution is 0.0498. The van der Waals surface area contributed by atoms with Crippen LogP contribution >= 0.6 is 0 Å². The molecular weight excluding hydrogens is 366 g/mol. The van der Waals surface area contributed by atoms with Gasteiger partial charge in [-0.25, -0.2) is 8.42 Å². The highest BCUT2D eigenvalue weighted by atomic mass is 32.2. The van der Waals surface area contributed by atoms with E-state index in [2.05, 4.69) is 0 Å². The van der Waals surface area contributed by atoms with E-state index in [0.29, 0.717) is 30.9 Å². The van der Waals surface area contributed by atoms with Crippen molar-refractivity contribution in [2.75, 3.05) is 19.7 Å². The van der Waals surface area contributed by atoms with E-state index in [4.69, 9.17) is 9.47 Å². The number of carbonyl (C=O) groups is 1. The highest BCUT2D eigenvalue weighted by Gasteiger charge is 2.49. The zero-order valence-corrected chi connectivity index (χ0v) is 15.5. The van der Waals surface area contributed by atoms with E-state index in [9.17, 15) is 13.2 Å². The topological polar surface area (TPSA) is 72.9 Å². The Labute approximate surface area is 157 Å². The smallest absolute Gasteiger partial charge is 0.243 e. The molecule has 7 heteroatoms. The maximum absolute atomic E-state index is 13.1. The van der Waals surface area contributed by atoms with E-state index in [1.54, 1.807) is 36.4 Å². The van der Waals surface area contributed by atoms with Crippen molar-refractivity contribution in [2.45, 2.75) is 29.8 Å². The Morgan fingerprint density at radius 2 is 1.93 bits per heavy atom. The van der Waals surface area contributed by atoms with Gasteiger partial charge in [0, 0.05) is 19.4 Å². The zero-order chi connectivity index (χ0) is 18.6. The summed E-state index contributed by atoms with van der Waals surface area (Å²) in [5, 5.41) is 0. The fourth-order valence-electron chi connectivity index (χ4n) is 4.16. The van der Waals surface area contributed by atoms with Crippen molar-refractivity contribution in [3.05, 3.63) is 53.6 Å². The van der Waals surface area contributed by atoms with E-state index >= 15 is 0 Å². The molecule has 140 valence electrons. The number of sulfonamides is 1. The van der Waals surface area contributed by atoms with Crippen LogP contribution < -0.4 is 9.47 Å². The molecule has 0 radical (unpaired) electrons. The van der Waals surface area contributed by atoms with Crippen LogP contribution in [0.1, 0.15) is 28.8 Å². The highest BCUT2D eigenvalue weighted by Crippen LogP contribution is 2.40. The van der Waals surface area contributed by atoms with Crippen LogP contribution in [0.15, 0.2) is 47.4 Å². The van der Waals surface area contributed by atoms with Gasteiger partial charge in [0.05, 0.1) is 30.0 Å². The molecule has 3 heterocycles. The summed E-state index contributed by atoms with van der Waals surface area (Å²) < 4.78 is 39.3. The summed E-state index contributed by atoms with van der Waals surface area (Å²) in [7, 11) is -3.64. The first-order valence-corrected chi connectivity index (χ1v) is 10.5. The van der Waals surface area contributed by atoms with Gasteiger partial charge in [0.15, 0.2) is 5.78 Å². The van der Waals surface area contributed by atoms with Crippen molar-refractivity contribution in [3.8, 4) is 11.5 Å². The minimum Gasteiger partial charge on any atom is -0.493 e. The fourth-order valence-corrected chi connectivity index (χ4v) is 5.72. The average molecular weight is 385 g/mol. The molecule has 0 amide bonds. The van der Waals surface area contributed by atoms with Gasteiger partial charge in [-0.1, -0.05) is 12.1 Å². The molecule has 1 saturated heterocycles. The number of Topliss-reactive ketones (excluding diaryl/α,β-unsaturated/α-hetero) is 1. The summed E-state index contributed by atoms with van der Waals surface area (Å²) in [5.74, 6) is 1.30. The molecule has 0 aromatic heterocycles. The van der Waals surface area contributed by atoms with Crippen molar-refractivity contribution in [3.63, 3.8) is 0 Å². The molecule has 0 saturated carbocycles. The number of hydrogen-bond acceptors (Lipinski definition) is 5. The molecule has 0 aliphatic carbocycles. The van der Waals surface area contributed by atoms with Gasteiger partial charge >= 0.3 is 0 Å². The fraction of sp³-hybridized carbons (Fsp3) is 0.350. The first kappa shape index (κ1) is 16.8. The molecule has 6 nitrogen and oxygen atoms in total. The maximum Gasteiger partial charge on any atom is 0.243 e. The Morgan fingerprint density at radius 1 is 1.07 bits per heavy atom. The molecule has 1 fully saturated rings. The van der Waals surface area contributed by atoms with E-state index in [0.717, 1.165) is 17.7 Å². The second kappa shape index (κ2) is 5.81. The monoisotopic (exact) mass is 385 g/mol. The van der Waals surface area contributed by atoms with E-state index in [1.807, 2.05) is 6.07 Å². The predicted molar refractivity (Wildman–Crippen MR) is 97.8 cm³/mol. The maximum atomic E-state index is 13.1. The van der Waals surface area contributed by atoms with Crippen LogP contribution in [0.25, 0.3) is 0 Å². The highest BCUT2D eigenvalue weighted by molar-refractivity contribution is 7.89. The molecular formula is C20H19NO5S. The molecule has 27 heavy (non-hydrogen) atoms. The number of rotatable bonds is 2. The van der Waals surface area contributed by atoms with Gasteiger partial charge < -0.3 is 9.47 Å². The molecule has 1 atom stereocenters. The number of fused-ring (bicyclic) bond motifs is 2. The van der Waals surface area contributed by atoms with Gasteiger partial charge in [0.2, 0.25) is 10.0 Å². The van der Waals surface area contributed by atoms with Crippen molar-refractivity contribution < 1.29 is 22.7 Å². The normalized spacial score (nSPS) is 24.4. The molecule has 0 N–H and O–H groups in total. The Bertz CT molecular complexity index is 1050. The van der Waals surface area contributed by atoms with Gasteiger partial charge in [-0.15, -0.1) is 0 Å². The molecule has 1 spiro atoms. The number of para-hydroxylation sites is 1. The van der Waals surface area contributed by atoms with E-state index in [1.165, 1.54) is 4.31 Å². The summed E-state index contributed by atoms with van der Waals surface area (Å²) in [6, 6.07) is 12.2. The Kier molecular flexibility index (Phi) is 3.61. The number of ketones is 1. The van der Waals surface area contributed by atoms with Gasteiger partial charge in [0.25, 0.3) is 0 Å². The minimum absolute atomic E-state index is 0.00535. The standard InChI is InChI=1S/C20H19NO5S/c22-17-12-20(26-19-4-2-1-3-16(17)19)8-9-21(13-20)27(23,24)15-5-6-18-14(11-15)7-10-25-18/h1-6,11H,7-10,12-13H2. The van der Waals surface area contributed by atoms with Crippen LogP contribution in [0.3, 0.4) is 0 Å². The van der Waals surface area contributed by atoms with Crippen molar-refractivity contribution in [2.24, 2.45) is 0 Å². The second-order valence-electron chi connectivity index (χ2n) is 7.34. The SMILES string of the molecule is O=C1CC2(CCN(S(=O)(=O)c3ccc4c(c3)CCO4)C2)Oc2ccccc21. The minimum atomic E-state index is -3.64. The van der Waals surface area contributed by atoms with Crippen LogP contribution in [0, 0.1) is 0 Å². The van der Waals surface area contributed by atoms with Crippen LogP contribution in [0.5, 0.6) is 11.5 Å².